The predicted molar refractivity (Wildman–Crippen MR) is 71.4 cm³/mol. The Balaban J connectivity index is 2.57. The first-order valence-corrected chi connectivity index (χ1v) is 5.81. The Morgan fingerprint density at radius 1 is 1.16 bits per heavy atom. The molecule has 0 N–H and O–H groups in total. The summed E-state index contributed by atoms with van der Waals surface area (Å²) in [5, 5.41) is 0. The highest BCUT2D eigenvalue weighted by molar-refractivity contribution is 5.74. The van der Waals surface area contributed by atoms with Gasteiger partial charge in [0.05, 0.1) is 20.3 Å². The molecule has 104 valence electrons. The molecular weight excluding hydrogens is 248 g/mol. The largest absolute Gasteiger partial charge is 0.493 e. The van der Waals surface area contributed by atoms with Crippen LogP contribution in [0.3, 0.4) is 0 Å². The molecule has 1 aromatic carbocycles. The molecule has 0 aliphatic rings. The first-order valence-electron chi connectivity index (χ1n) is 5.81. The number of ether oxygens (including phenoxy) is 4. The van der Waals surface area contributed by atoms with E-state index in [1.54, 1.807) is 32.4 Å². The molecule has 0 bridgehead atoms. The zero-order chi connectivity index (χ0) is 13.9. The fraction of sp³-hybridized carbons (Fsp3) is 0.357. The van der Waals surface area contributed by atoms with E-state index in [0.29, 0.717) is 24.7 Å². The first kappa shape index (κ1) is 15.2. The van der Waals surface area contributed by atoms with E-state index in [-0.39, 0.29) is 6.79 Å². The van der Waals surface area contributed by atoms with Crippen molar-refractivity contribution in [1.82, 2.24) is 0 Å². The second-order valence-electron chi connectivity index (χ2n) is 3.57. The van der Waals surface area contributed by atoms with Gasteiger partial charge in [-0.15, -0.1) is 0 Å². The number of carbonyl (C=O) groups excluding carboxylic acids is 1. The molecule has 0 heterocycles. The molecule has 19 heavy (non-hydrogen) atoms. The van der Waals surface area contributed by atoms with Crippen molar-refractivity contribution in [3.05, 3.63) is 29.8 Å². The summed E-state index contributed by atoms with van der Waals surface area (Å²) in [6.45, 7) is 1.12. The van der Waals surface area contributed by atoms with Crippen molar-refractivity contribution in [1.29, 1.82) is 0 Å². The molecule has 0 atom stereocenters. The minimum Gasteiger partial charge on any atom is -0.493 e. The van der Waals surface area contributed by atoms with E-state index in [9.17, 15) is 4.79 Å². The third-order valence-corrected chi connectivity index (χ3v) is 2.28. The number of methoxy groups -OCH3 is 2. The summed E-state index contributed by atoms with van der Waals surface area (Å²) < 4.78 is 20.7. The van der Waals surface area contributed by atoms with Crippen LogP contribution in [-0.4, -0.2) is 40.5 Å². The maximum Gasteiger partial charge on any atom is 0.189 e. The van der Waals surface area contributed by atoms with E-state index in [1.807, 2.05) is 6.07 Å². The van der Waals surface area contributed by atoms with Gasteiger partial charge in [0, 0.05) is 7.11 Å². The van der Waals surface area contributed by atoms with Crippen molar-refractivity contribution in [2.24, 2.45) is 0 Å². The molecule has 0 fully saturated rings. The summed E-state index contributed by atoms with van der Waals surface area (Å²) in [4.78, 5) is 10.3. The van der Waals surface area contributed by atoms with Crippen LogP contribution in [0.15, 0.2) is 24.3 Å². The van der Waals surface area contributed by atoms with Crippen LogP contribution >= 0.6 is 0 Å². The maximum absolute atomic E-state index is 10.3. The lowest BCUT2D eigenvalue weighted by Crippen LogP contribution is -2.08. The molecule has 0 radical (unpaired) electrons. The molecule has 1 aromatic rings. The zero-order valence-corrected chi connectivity index (χ0v) is 11.1. The second kappa shape index (κ2) is 9.13. The molecule has 0 amide bonds. The predicted octanol–water partition coefficient (Wildman–Crippen LogP) is 1.91. The Morgan fingerprint density at radius 2 is 2.00 bits per heavy atom. The highest BCUT2D eigenvalue weighted by Gasteiger charge is 2.04. The Morgan fingerprint density at radius 3 is 2.68 bits per heavy atom. The average molecular weight is 266 g/mol. The Labute approximate surface area is 112 Å². The number of rotatable bonds is 9. The lowest BCUT2D eigenvalue weighted by molar-refractivity contribution is -0.104. The first-order chi connectivity index (χ1) is 9.31. The van der Waals surface area contributed by atoms with Crippen LogP contribution in [-0.2, 0) is 14.3 Å². The lowest BCUT2D eigenvalue weighted by atomic mass is 10.2. The number of allylic oxidation sites excluding steroid dienone is 1. The molecule has 5 heteroatoms. The van der Waals surface area contributed by atoms with Gasteiger partial charge in [0.25, 0.3) is 0 Å². The fourth-order valence-electron chi connectivity index (χ4n) is 1.36. The molecule has 0 spiro atoms. The Bertz CT molecular complexity index is 414. The standard InChI is InChI=1S/C14H18O5/c1-16-8-9-18-11-19-13-6-5-12(4-3-7-15)10-14(13)17-2/h3-7,10H,8-9,11H2,1-2H3/b4-3+. The summed E-state index contributed by atoms with van der Waals surface area (Å²) in [5.41, 5.74) is 0.858. The number of hydrogen-bond donors (Lipinski definition) is 0. The molecule has 0 saturated carbocycles. The van der Waals surface area contributed by atoms with Crippen LogP contribution in [0.4, 0.5) is 0 Å². The summed E-state index contributed by atoms with van der Waals surface area (Å²) >= 11 is 0. The highest BCUT2D eigenvalue weighted by atomic mass is 16.7. The second-order valence-corrected chi connectivity index (χ2v) is 3.57. The number of aldehydes is 1. The number of carbonyl (C=O) groups is 1. The molecule has 0 aliphatic heterocycles. The molecule has 0 aliphatic carbocycles. The van der Waals surface area contributed by atoms with Crippen molar-refractivity contribution in [2.45, 2.75) is 0 Å². The van der Waals surface area contributed by atoms with Gasteiger partial charge in [-0.1, -0.05) is 12.1 Å². The normalized spacial score (nSPS) is 10.6. The quantitative estimate of drug-likeness (QED) is 0.296. The van der Waals surface area contributed by atoms with Crippen LogP contribution in [0, 0.1) is 0 Å². The fourth-order valence-corrected chi connectivity index (χ4v) is 1.36. The monoisotopic (exact) mass is 266 g/mol. The number of benzene rings is 1. The van der Waals surface area contributed by atoms with Crippen molar-refractivity contribution in [2.75, 3.05) is 34.2 Å². The highest BCUT2D eigenvalue weighted by Crippen LogP contribution is 2.28. The van der Waals surface area contributed by atoms with Gasteiger partial charge < -0.3 is 18.9 Å². The van der Waals surface area contributed by atoms with Crippen molar-refractivity contribution in [3.63, 3.8) is 0 Å². The minimum atomic E-state index is 0.128. The van der Waals surface area contributed by atoms with Gasteiger partial charge in [0.1, 0.15) is 6.29 Å². The Hall–Kier alpha value is -1.85. The van der Waals surface area contributed by atoms with E-state index in [1.165, 1.54) is 6.08 Å². The molecular formula is C14H18O5. The van der Waals surface area contributed by atoms with Crippen LogP contribution in [0.1, 0.15) is 5.56 Å². The van der Waals surface area contributed by atoms with E-state index in [4.69, 9.17) is 18.9 Å². The topological polar surface area (TPSA) is 54.0 Å². The third-order valence-electron chi connectivity index (χ3n) is 2.28. The SMILES string of the molecule is COCCOCOc1ccc(/C=C/C=O)cc1OC. The van der Waals surface area contributed by atoms with Crippen molar-refractivity contribution < 1.29 is 23.7 Å². The van der Waals surface area contributed by atoms with E-state index in [2.05, 4.69) is 0 Å². The third kappa shape index (κ3) is 5.54. The van der Waals surface area contributed by atoms with Gasteiger partial charge in [0.15, 0.2) is 18.3 Å². The average Bonchev–Trinajstić information content (AvgIpc) is 2.45. The zero-order valence-electron chi connectivity index (χ0n) is 11.1. The summed E-state index contributed by atoms with van der Waals surface area (Å²) in [5.74, 6) is 1.17. The van der Waals surface area contributed by atoms with Gasteiger partial charge in [-0.2, -0.15) is 0 Å². The summed E-state index contributed by atoms with van der Waals surface area (Å²) in [7, 11) is 3.17. The maximum atomic E-state index is 10.3. The smallest absolute Gasteiger partial charge is 0.189 e. The van der Waals surface area contributed by atoms with Gasteiger partial charge >= 0.3 is 0 Å². The van der Waals surface area contributed by atoms with Crippen LogP contribution in [0.2, 0.25) is 0 Å². The lowest BCUT2D eigenvalue weighted by Gasteiger charge is -2.11. The number of hydrogen-bond acceptors (Lipinski definition) is 5. The van der Waals surface area contributed by atoms with Crippen molar-refractivity contribution >= 4 is 12.4 Å². The Kier molecular flexibility index (Phi) is 7.31. The van der Waals surface area contributed by atoms with Gasteiger partial charge in [-0.25, -0.2) is 0 Å². The van der Waals surface area contributed by atoms with Crippen LogP contribution in [0.25, 0.3) is 6.08 Å². The van der Waals surface area contributed by atoms with Gasteiger partial charge in [-0.3, -0.25) is 4.79 Å². The molecule has 5 nitrogen and oxygen atoms in total. The molecule has 1 rings (SSSR count). The van der Waals surface area contributed by atoms with Crippen LogP contribution in [0.5, 0.6) is 11.5 Å². The molecule has 0 aromatic heterocycles. The van der Waals surface area contributed by atoms with E-state index in [0.717, 1.165) is 11.8 Å². The van der Waals surface area contributed by atoms with E-state index < -0.39 is 0 Å². The molecule has 0 unspecified atom stereocenters. The molecule has 0 saturated heterocycles. The summed E-state index contributed by atoms with van der Waals surface area (Å²) in [6, 6.07) is 5.38. The van der Waals surface area contributed by atoms with Crippen LogP contribution < -0.4 is 9.47 Å². The summed E-state index contributed by atoms with van der Waals surface area (Å²) in [6.07, 6.45) is 3.83. The minimum absolute atomic E-state index is 0.128. The van der Waals surface area contributed by atoms with Crippen molar-refractivity contribution in [3.8, 4) is 11.5 Å². The van der Waals surface area contributed by atoms with Gasteiger partial charge in [-0.05, 0) is 23.8 Å². The van der Waals surface area contributed by atoms with Gasteiger partial charge in [0.2, 0.25) is 0 Å². The van der Waals surface area contributed by atoms with E-state index >= 15 is 0 Å².